The molecule has 2 aromatic heterocycles. The summed E-state index contributed by atoms with van der Waals surface area (Å²) in [5.41, 5.74) is 3.86. The highest BCUT2D eigenvalue weighted by Gasteiger charge is 2.36. The third kappa shape index (κ3) is 6.52. The van der Waals surface area contributed by atoms with E-state index in [2.05, 4.69) is 37.7 Å². The minimum atomic E-state index is -0.917. The minimum Gasteiger partial charge on any atom is -0.436 e. The Kier molecular flexibility index (Phi) is 8.65. The number of rotatable bonds is 6. The molecule has 0 bridgehead atoms. The van der Waals surface area contributed by atoms with Gasteiger partial charge in [0.1, 0.15) is 0 Å². The van der Waals surface area contributed by atoms with Crippen molar-refractivity contribution in [2.45, 2.75) is 56.8 Å². The molecule has 3 saturated heterocycles. The molecule has 0 spiro atoms. The number of H-pyrrole nitrogens is 1. The molecule has 0 saturated carbocycles. The normalized spacial score (nSPS) is 21.5. The van der Waals surface area contributed by atoms with E-state index in [0.717, 1.165) is 66.7 Å². The number of carbonyl (C=O) groups excluding carboxylic acids is 3. The summed E-state index contributed by atoms with van der Waals surface area (Å²) in [6.45, 7) is 6.70. The molecule has 3 aromatic rings. The molecular weight excluding hydrogens is 592 g/mol. The molecule has 6 heterocycles. The van der Waals surface area contributed by atoms with Gasteiger partial charge < -0.3 is 29.7 Å². The molecule has 1 unspecified atom stereocenters. The number of hydrogen-bond acceptors (Lipinski definition) is 8. The predicted molar refractivity (Wildman–Crippen MR) is 172 cm³/mol. The number of likely N-dealkylation sites (tertiary alicyclic amines) is 2. The summed E-state index contributed by atoms with van der Waals surface area (Å²) < 4.78 is 6.06. The number of aromatic amines is 1. The Morgan fingerprint density at radius 3 is 2.51 bits per heavy atom. The molecule has 0 aliphatic carbocycles. The van der Waals surface area contributed by atoms with Crippen LogP contribution in [0.25, 0.3) is 10.9 Å². The lowest BCUT2D eigenvalue weighted by Crippen LogP contribution is -2.56. The number of aromatic nitrogens is 2. The third-order valence-corrected chi connectivity index (χ3v) is 10.8. The van der Waals surface area contributed by atoms with E-state index < -0.39 is 12.2 Å². The fraction of sp³-hybridized carbons (Fsp3) is 0.562. The van der Waals surface area contributed by atoms with Crippen LogP contribution in [-0.4, -0.2) is 130 Å². The fourth-order valence-electron chi connectivity index (χ4n) is 7.23. The van der Waals surface area contributed by atoms with Crippen LogP contribution in [0.2, 0.25) is 0 Å². The van der Waals surface area contributed by atoms with Gasteiger partial charge in [0.15, 0.2) is 6.10 Å². The first-order valence-electron chi connectivity index (χ1n) is 16.1. The van der Waals surface area contributed by atoms with E-state index in [0.29, 0.717) is 58.0 Å². The van der Waals surface area contributed by atoms with Crippen LogP contribution >= 0.6 is 11.3 Å². The highest BCUT2D eigenvalue weighted by molar-refractivity contribution is 7.08. The number of hydrogen-bond donors (Lipinski definition) is 2. The van der Waals surface area contributed by atoms with Crippen molar-refractivity contribution in [3.05, 3.63) is 46.3 Å². The Bertz CT molecular complexity index is 1520. The molecule has 13 heteroatoms. The van der Waals surface area contributed by atoms with E-state index in [-0.39, 0.29) is 18.0 Å². The number of amides is 4. The fourth-order valence-corrected chi connectivity index (χ4v) is 8.01. The van der Waals surface area contributed by atoms with Gasteiger partial charge in [-0.15, -0.1) is 11.3 Å². The SMILES string of the molecule is CN1CCC(N2CCN(C(=O)C(Cc3ccc4[nH]ncc4c3)OC(=O)N3CCC(N4Cc5cscc5NC4=O)CC3)CC2)CC1. The molecule has 45 heavy (non-hydrogen) atoms. The zero-order chi connectivity index (χ0) is 30.9. The van der Waals surface area contributed by atoms with Crippen molar-refractivity contribution in [2.24, 2.45) is 0 Å². The van der Waals surface area contributed by atoms with Crippen molar-refractivity contribution in [2.75, 3.05) is 64.7 Å². The molecule has 4 aliphatic rings. The molecular formula is C32H42N8O4S. The molecule has 2 N–H and O–H groups in total. The number of ether oxygens (including phenoxy) is 1. The molecule has 1 atom stereocenters. The predicted octanol–water partition coefficient (Wildman–Crippen LogP) is 3.42. The van der Waals surface area contributed by atoms with Crippen molar-refractivity contribution in [3.63, 3.8) is 0 Å². The zero-order valence-corrected chi connectivity index (χ0v) is 26.6. The van der Waals surface area contributed by atoms with Crippen LogP contribution in [0, 0.1) is 0 Å². The molecule has 7 rings (SSSR count). The van der Waals surface area contributed by atoms with Gasteiger partial charge in [0.25, 0.3) is 5.91 Å². The number of anilines is 1. The Labute approximate surface area is 267 Å². The van der Waals surface area contributed by atoms with Crippen molar-refractivity contribution in [1.82, 2.24) is 34.7 Å². The number of benzene rings is 1. The number of piperazine rings is 1. The number of nitrogens with one attached hydrogen (secondary N) is 2. The number of piperidine rings is 2. The van der Waals surface area contributed by atoms with Crippen LogP contribution in [0.5, 0.6) is 0 Å². The zero-order valence-electron chi connectivity index (χ0n) is 25.8. The lowest BCUT2D eigenvalue weighted by molar-refractivity contribution is -0.143. The van der Waals surface area contributed by atoms with Crippen molar-refractivity contribution >= 4 is 46.0 Å². The summed E-state index contributed by atoms with van der Waals surface area (Å²) in [6.07, 6.45) is 4.32. The van der Waals surface area contributed by atoms with Crippen LogP contribution in [0.3, 0.4) is 0 Å². The standard InChI is InChI=1S/C32H42N8O4S/c1-36-8-4-25(5-9-36)37-12-14-38(15-13-37)30(41)29(17-22-2-3-27-23(16-22)18-33-35-27)44-32(43)39-10-6-26(7-11-39)40-19-24-20-45-21-28(24)34-31(40)42/h2-3,16,18,20-21,25-26,29H,4-15,17,19H2,1H3,(H,33,35)(H,34,42). The summed E-state index contributed by atoms with van der Waals surface area (Å²) in [6, 6.07) is 6.43. The average Bonchev–Trinajstić information content (AvgIpc) is 3.73. The first-order valence-corrected chi connectivity index (χ1v) is 17.1. The first-order chi connectivity index (χ1) is 21.9. The quantitative estimate of drug-likeness (QED) is 0.427. The van der Waals surface area contributed by atoms with Crippen molar-refractivity contribution in [1.29, 1.82) is 0 Å². The maximum Gasteiger partial charge on any atom is 0.410 e. The number of urea groups is 1. The van der Waals surface area contributed by atoms with Gasteiger partial charge in [0.05, 0.1) is 23.9 Å². The van der Waals surface area contributed by atoms with E-state index in [1.165, 1.54) is 0 Å². The van der Waals surface area contributed by atoms with Crippen molar-refractivity contribution in [3.8, 4) is 0 Å². The van der Waals surface area contributed by atoms with Gasteiger partial charge in [-0.25, -0.2) is 9.59 Å². The van der Waals surface area contributed by atoms with Gasteiger partial charge in [-0.2, -0.15) is 5.10 Å². The van der Waals surface area contributed by atoms with Crippen LogP contribution in [0.1, 0.15) is 36.8 Å². The summed E-state index contributed by atoms with van der Waals surface area (Å²) in [7, 11) is 2.17. The second kappa shape index (κ2) is 13.0. The first kappa shape index (κ1) is 30.0. The van der Waals surface area contributed by atoms with Crippen LogP contribution < -0.4 is 5.32 Å². The van der Waals surface area contributed by atoms with Gasteiger partial charge in [0, 0.05) is 74.1 Å². The topological polar surface area (TPSA) is 117 Å². The highest BCUT2D eigenvalue weighted by Crippen LogP contribution is 2.30. The lowest BCUT2D eigenvalue weighted by Gasteiger charge is -2.43. The molecule has 1 aromatic carbocycles. The summed E-state index contributed by atoms with van der Waals surface area (Å²) in [4.78, 5) is 50.6. The molecule has 4 aliphatic heterocycles. The Morgan fingerprint density at radius 1 is 0.978 bits per heavy atom. The second-order valence-corrected chi connectivity index (χ2v) is 13.6. The monoisotopic (exact) mass is 634 g/mol. The number of nitrogens with zero attached hydrogens (tertiary/aromatic N) is 6. The lowest BCUT2D eigenvalue weighted by atomic mass is 10.0. The molecule has 0 radical (unpaired) electrons. The van der Waals surface area contributed by atoms with E-state index >= 15 is 0 Å². The van der Waals surface area contributed by atoms with E-state index in [1.54, 1.807) is 22.4 Å². The maximum atomic E-state index is 14.0. The highest BCUT2D eigenvalue weighted by atomic mass is 32.1. The van der Waals surface area contributed by atoms with Crippen molar-refractivity contribution < 1.29 is 19.1 Å². The molecule has 3 fully saturated rings. The molecule has 4 amide bonds. The Morgan fingerprint density at radius 2 is 1.73 bits per heavy atom. The van der Waals surface area contributed by atoms with Crippen LogP contribution in [-0.2, 0) is 22.5 Å². The van der Waals surface area contributed by atoms with E-state index in [4.69, 9.17) is 4.74 Å². The van der Waals surface area contributed by atoms with Gasteiger partial charge >= 0.3 is 12.1 Å². The Hall–Kier alpha value is -3.68. The van der Waals surface area contributed by atoms with Gasteiger partial charge in [0.2, 0.25) is 0 Å². The van der Waals surface area contributed by atoms with Crippen LogP contribution in [0.4, 0.5) is 15.3 Å². The van der Waals surface area contributed by atoms with Gasteiger partial charge in [-0.1, -0.05) is 6.07 Å². The van der Waals surface area contributed by atoms with Gasteiger partial charge in [-0.3, -0.25) is 14.8 Å². The largest absolute Gasteiger partial charge is 0.436 e. The smallest absolute Gasteiger partial charge is 0.410 e. The van der Waals surface area contributed by atoms with E-state index in [9.17, 15) is 14.4 Å². The van der Waals surface area contributed by atoms with Gasteiger partial charge in [-0.05, 0) is 68.9 Å². The number of carbonyl (C=O) groups is 3. The summed E-state index contributed by atoms with van der Waals surface area (Å²) in [5, 5.41) is 15.1. The third-order valence-electron chi connectivity index (χ3n) is 10.0. The number of thiophene rings is 1. The maximum absolute atomic E-state index is 14.0. The minimum absolute atomic E-state index is 0.0436. The number of fused-ring (bicyclic) bond motifs is 2. The van der Waals surface area contributed by atoms with Crippen LogP contribution in [0.15, 0.2) is 35.2 Å². The average molecular weight is 635 g/mol. The molecule has 12 nitrogen and oxygen atoms in total. The Balaban J connectivity index is 0.989. The van der Waals surface area contributed by atoms with E-state index in [1.807, 2.05) is 33.4 Å². The summed E-state index contributed by atoms with van der Waals surface area (Å²) in [5.74, 6) is -0.134. The summed E-state index contributed by atoms with van der Waals surface area (Å²) >= 11 is 1.59. The second-order valence-electron chi connectivity index (χ2n) is 12.9. The molecule has 240 valence electrons.